The molecule has 0 atom stereocenters. The monoisotopic (exact) mass is 414 g/mol. The van der Waals surface area contributed by atoms with Crippen LogP contribution in [0.5, 0.6) is 0 Å². The van der Waals surface area contributed by atoms with Crippen molar-refractivity contribution in [3.63, 3.8) is 0 Å². The Morgan fingerprint density at radius 1 is 0.800 bits per heavy atom. The van der Waals surface area contributed by atoms with Crippen LogP contribution in [0, 0.1) is 6.92 Å². The van der Waals surface area contributed by atoms with Gasteiger partial charge in [-0.15, -0.1) is 11.3 Å². The van der Waals surface area contributed by atoms with Crippen LogP contribution in [0.4, 0.5) is 0 Å². The topological polar surface area (TPSA) is 59.1 Å². The molecule has 4 nitrogen and oxygen atoms in total. The molecule has 4 rings (SSSR count). The number of allylic oxidation sites excluding steroid dienone is 4. The van der Waals surface area contributed by atoms with Gasteiger partial charge in [-0.3, -0.25) is 9.59 Å². The number of Topliss-reactive ketones (excluding diaryl/α,β-unsaturated/α-hetero) is 2. The van der Waals surface area contributed by atoms with E-state index in [2.05, 4.69) is 10.3 Å². The van der Waals surface area contributed by atoms with Gasteiger partial charge >= 0.3 is 0 Å². The molecule has 0 amide bonds. The summed E-state index contributed by atoms with van der Waals surface area (Å²) in [6, 6.07) is 18.4. The minimum atomic E-state index is -0.517. The largest absolute Gasteiger partial charge is 0.362 e. The molecule has 1 aliphatic heterocycles. The van der Waals surface area contributed by atoms with Crippen LogP contribution in [0.25, 0.3) is 0 Å². The number of hydrogen-bond donors (Lipinski definition) is 1. The third kappa shape index (κ3) is 3.64. The zero-order valence-corrected chi connectivity index (χ0v) is 17.9. The maximum absolute atomic E-state index is 13.6. The van der Waals surface area contributed by atoms with Gasteiger partial charge in [-0.1, -0.05) is 60.7 Å². The van der Waals surface area contributed by atoms with E-state index in [1.54, 1.807) is 24.3 Å². The Morgan fingerprint density at radius 2 is 1.27 bits per heavy atom. The third-order valence-electron chi connectivity index (χ3n) is 5.25. The van der Waals surface area contributed by atoms with E-state index in [1.807, 2.05) is 62.5 Å². The van der Waals surface area contributed by atoms with Gasteiger partial charge in [0.1, 0.15) is 0 Å². The normalized spacial score (nSPS) is 14.6. The van der Waals surface area contributed by atoms with Crippen LogP contribution in [-0.4, -0.2) is 16.6 Å². The van der Waals surface area contributed by atoms with E-state index in [0.717, 1.165) is 22.1 Å². The van der Waals surface area contributed by atoms with Crippen LogP contribution >= 0.6 is 11.3 Å². The van der Waals surface area contributed by atoms with Crippen molar-refractivity contribution in [3.8, 4) is 0 Å². The second-order valence-electron chi connectivity index (χ2n) is 7.32. The predicted octanol–water partition coefficient (Wildman–Crippen LogP) is 5.45. The molecule has 0 bridgehead atoms. The number of nitrogens with zero attached hydrogens (tertiary/aromatic N) is 1. The second-order valence-corrected chi connectivity index (χ2v) is 8.38. The molecule has 5 heteroatoms. The molecule has 0 saturated carbocycles. The number of rotatable bonds is 5. The number of carbonyl (C=O) groups excluding carboxylic acids is 2. The lowest BCUT2D eigenvalue weighted by Gasteiger charge is -2.30. The van der Waals surface area contributed by atoms with Gasteiger partial charge < -0.3 is 5.32 Å². The van der Waals surface area contributed by atoms with Crippen LogP contribution in [0.1, 0.15) is 51.2 Å². The predicted molar refractivity (Wildman–Crippen MR) is 120 cm³/mol. The summed E-state index contributed by atoms with van der Waals surface area (Å²) >= 11 is 1.52. The van der Waals surface area contributed by atoms with Gasteiger partial charge in [0, 0.05) is 39.0 Å². The molecule has 0 radical (unpaired) electrons. The van der Waals surface area contributed by atoms with Gasteiger partial charge in [-0.25, -0.2) is 4.98 Å². The van der Waals surface area contributed by atoms with E-state index in [9.17, 15) is 9.59 Å². The molecular formula is C25H22N2O2S. The van der Waals surface area contributed by atoms with Crippen molar-refractivity contribution < 1.29 is 9.59 Å². The number of thiazole rings is 1. The standard InChI is InChI=1S/C25H22N2O2S/c1-15-21(24(28)18-10-6-4-7-11-18)23(20-14-30-17(3)27-20)22(16(2)26-15)25(29)19-12-8-5-9-13-19/h4-14,23,26H,1-3H3. The van der Waals surface area contributed by atoms with E-state index < -0.39 is 5.92 Å². The van der Waals surface area contributed by atoms with E-state index in [-0.39, 0.29) is 11.6 Å². The first-order valence-corrected chi connectivity index (χ1v) is 10.7. The Morgan fingerprint density at radius 3 is 1.67 bits per heavy atom. The van der Waals surface area contributed by atoms with Crippen LogP contribution < -0.4 is 5.32 Å². The second kappa shape index (κ2) is 8.20. The third-order valence-corrected chi connectivity index (χ3v) is 6.05. The molecule has 0 unspecified atom stereocenters. The molecule has 1 aromatic heterocycles. The highest BCUT2D eigenvalue weighted by Gasteiger charge is 2.38. The summed E-state index contributed by atoms with van der Waals surface area (Å²) < 4.78 is 0. The summed E-state index contributed by atoms with van der Waals surface area (Å²) in [6.07, 6.45) is 0. The Hall–Kier alpha value is -3.31. The van der Waals surface area contributed by atoms with Gasteiger partial charge in [-0.05, 0) is 20.8 Å². The van der Waals surface area contributed by atoms with Gasteiger partial charge in [0.15, 0.2) is 11.6 Å². The number of ketones is 2. The number of carbonyl (C=O) groups is 2. The molecular weight excluding hydrogens is 392 g/mol. The summed E-state index contributed by atoms with van der Waals surface area (Å²) in [6.45, 7) is 5.70. The fourth-order valence-electron chi connectivity index (χ4n) is 3.89. The Kier molecular flexibility index (Phi) is 5.46. The number of hydrogen-bond acceptors (Lipinski definition) is 5. The minimum Gasteiger partial charge on any atom is -0.362 e. The Labute approximate surface area is 180 Å². The molecule has 150 valence electrons. The highest BCUT2D eigenvalue weighted by Crippen LogP contribution is 2.41. The SMILES string of the molecule is CC1=C(C(=O)c2ccccc2)C(c2csc(C)n2)C(C(=O)c2ccccc2)=C(C)N1. The Balaban J connectivity index is 1.88. The number of dihydropyridines is 1. The molecule has 1 aliphatic rings. The van der Waals surface area contributed by atoms with Crippen LogP contribution in [0.15, 0.2) is 88.6 Å². The van der Waals surface area contributed by atoms with Crippen LogP contribution in [0.3, 0.4) is 0 Å². The summed E-state index contributed by atoms with van der Waals surface area (Å²) in [5.74, 6) is -0.708. The van der Waals surface area contributed by atoms with Gasteiger partial charge in [0.25, 0.3) is 0 Å². The molecule has 2 aromatic carbocycles. The minimum absolute atomic E-state index is 0.0953. The zero-order valence-electron chi connectivity index (χ0n) is 17.1. The quantitative estimate of drug-likeness (QED) is 0.564. The summed E-state index contributed by atoms with van der Waals surface area (Å²) in [7, 11) is 0. The van der Waals surface area contributed by atoms with Crippen LogP contribution in [0.2, 0.25) is 0 Å². The summed E-state index contributed by atoms with van der Waals surface area (Å²) in [4.78, 5) is 31.8. The van der Waals surface area contributed by atoms with E-state index in [1.165, 1.54) is 11.3 Å². The fourth-order valence-corrected chi connectivity index (χ4v) is 4.53. The first kappa shape index (κ1) is 20.0. The van der Waals surface area contributed by atoms with Gasteiger partial charge in [-0.2, -0.15) is 0 Å². The molecule has 0 aliphatic carbocycles. The average Bonchev–Trinajstić information content (AvgIpc) is 3.19. The van der Waals surface area contributed by atoms with Crippen molar-refractivity contribution >= 4 is 22.9 Å². The van der Waals surface area contributed by atoms with Crippen molar-refractivity contribution in [2.24, 2.45) is 0 Å². The van der Waals surface area contributed by atoms with Crippen molar-refractivity contribution in [1.82, 2.24) is 10.3 Å². The lowest BCUT2D eigenvalue weighted by molar-refractivity contribution is 0.101. The molecule has 0 saturated heterocycles. The average molecular weight is 415 g/mol. The maximum Gasteiger partial charge on any atom is 0.191 e. The molecule has 0 spiro atoms. The first-order valence-electron chi connectivity index (χ1n) is 9.77. The van der Waals surface area contributed by atoms with Crippen molar-refractivity contribution in [3.05, 3.63) is 110 Å². The van der Waals surface area contributed by atoms with E-state index in [0.29, 0.717) is 22.3 Å². The number of benzene rings is 2. The lowest BCUT2D eigenvalue weighted by Crippen LogP contribution is -2.31. The van der Waals surface area contributed by atoms with E-state index in [4.69, 9.17) is 0 Å². The fraction of sp³-hybridized carbons (Fsp3) is 0.160. The maximum atomic E-state index is 13.6. The Bertz CT molecular complexity index is 1100. The zero-order chi connectivity index (χ0) is 21.3. The van der Waals surface area contributed by atoms with E-state index >= 15 is 0 Å². The highest BCUT2D eigenvalue weighted by atomic mass is 32.1. The number of aromatic nitrogens is 1. The number of aryl methyl sites for hydroxylation is 1. The van der Waals surface area contributed by atoms with Gasteiger partial charge in [0.05, 0.1) is 16.6 Å². The molecule has 30 heavy (non-hydrogen) atoms. The molecule has 0 fully saturated rings. The van der Waals surface area contributed by atoms with Crippen LogP contribution in [-0.2, 0) is 0 Å². The van der Waals surface area contributed by atoms with Crippen molar-refractivity contribution in [2.75, 3.05) is 0 Å². The summed E-state index contributed by atoms with van der Waals surface area (Å²) in [5, 5.41) is 6.13. The van der Waals surface area contributed by atoms with Crippen molar-refractivity contribution in [2.45, 2.75) is 26.7 Å². The lowest BCUT2D eigenvalue weighted by atomic mass is 9.77. The number of nitrogens with one attached hydrogen (secondary N) is 1. The smallest absolute Gasteiger partial charge is 0.191 e. The molecule has 2 heterocycles. The summed E-state index contributed by atoms with van der Waals surface area (Å²) in [5.41, 5.74) is 4.56. The van der Waals surface area contributed by atoms with Crippen molar-refractivity contribution in [1.29, 1.82) is 0 Å². The molecule has 1 N–H and O–H groups in total. The van der Waals surface area contributed by atoms with Gasteiger partial charge in [0.2, 0.25) is 0 Å². The highest BCUT2D eigenvalue weighted by molar-refractivity contribution is 7.09. The molecule has 3 aromatic rings. The first-order chi connectivity index (χ1) is 14.5.